The second-order valence-electron chi connectivity index (χ2n) is 7.97. The number of nitrogens with one attached hydrogen (secondary N) is 2. The predicted molar refractivity (Wildman–Crippen MR) is 128 cm³/mol. The number of methoxy groups -OCH3 is 1. The van der Waals surface area contributed by atoms with E-state index in [0.717, 1.165) is 37.2 Å². The number of hydrogen-bond donors (Lipinski definition) is 2. The van der Waals surface area contributed by atoms with Crippen LogP contribution in [0.4, 0.5) is 5.00 Å². The van der Waals surface area contributed by atoms with Gasteiger partial charge in [-0.05, 0) is 49.9 Å². The molecule has 2 N–H and O–H groups in total. The van der Waals surface area contributed by atoms with Crippen LogP contribution in [-0.4, -0.2) is 24.7 Å². The van der Waals surface area contributed by atoms with E-state index < -0.39 is 0 Å². The van der Waals surface area contributed by atoms with Crippen LogP contribution in [0.25, 0.3) is 0 Å². The van der Waals surface area contributed by atoms with Crippen molar-refractivity contribution in [2.24, 2.45) is 0 Å². The van der Waals surface area contributed by atoms with E-state index in [1.165, 1.54) is 81.8 Å². The van der Waals surface area contributed by atoms with Gasteiger partial charge in [-0.25, -0.2) is 4.79 Å². The van der Waals surface area contributed by atoms with Gasteiger partial charge in [0.25, 0.3) is 0 Å². The van der Waals surface area contributed by atoms with Gasteiger partial charge in [0.2, 0.25) is 0 Å². The number of rotatable bonds is 12. The van der Waals surface area contributed by atoms with Crippen molar-refractivity contribution < 1.29 is 9.53 Å². The van der Waals surface area contributed by atoms with Crippen LogP contribution in [0.15, 0.2) is 0 Å². The van der Waals surface area contributed by atoms with Gasteiger partial charge in [-0.1, -0.05) is 64.7 Å². The normalized spacial score (nSPS) is 13.4. The Bertz CT molecular complexity index is 643. The average molecular weight is 439 g/mol. The molecule has 2 rings (SSSR count). The van der Waals surface area contributed by atoms with Crippen LogP contribution in [-0.2, 0) is 17.6 Å². The molecule has 0 aromatic carbocycles. The van der Waals surface area contributed by atoms with Gasteiger partial charge in [-0.15, -0.1) is 11.3 Å². The molecule has 1 aromatic rings. The summed E-state index contributed by atoms with van der Waals surface area (Å²) >= 11 is 7.14. The van der Waals surface area contributed by atoms with E-state index >= 15 is 0 Å². The van der Waals surface area contributed by atoms with Crippen molar-refractivity contribution in [3.8, 4) is 0 Å². The van der Waals surface area contributed by atoms with Crippen LogP contribution in [0.5, 0.6) is 0 Å². The first-order valence-electron chi connectivity index (χ1n) is 11.4. The van der Waals surface area contributed by atoms with Gasteiger partial charge in [0, 0.05) is 11.4 Å². The monoisotopic (exact) mass is 438 g/mol. The zero-order chi connectivity index (χ0) is 20.9. The molecule has 0 saturated heterocycles. The Balaban J connectivity index is 1.73. The molecule has 4 nitrogen and oxygen atoms in total. The van der Waals surface area contributed by atoms with Gasteiger partial charge in [0.1, 0.15) is 5.00 Å². The number of thiophene rings is 1. The van der Waals surface area contributed by atoms with Gasteiger partial charge >= 0.3 is 5.97 Å². The highest BCUT2D eigenvalue weighted by molar-refractivity contribution is 7.80. The Labute approximate surface area is 186 Å². The third-order valence-corrected chi connectivity index (χ3v) is 7.06. The zero-order valence-electron chi connectivity index (χ0n) is 18.2. The number of unbranched alkanes of at least 4 members (excludes halogenated alkanes) is 8. The lowest BCUT2D eigenvalue weighted by atomic mass is 10.1. The Hall–Kier alpha value is -1.14. The second-order valence-corrected chi connectivity index (χ2v) is 9.48. The van der Waals surface area contributed by atoms with Crippen molar-refractivity contribution in [1.29, 1.82) is 0 Å². The maximum absolute atomic E-state index is 12.4. The summed E-state index contributed by atoms with van der Waals surface area (Å²) in [6, 6.07) is 0. The average Bonchev–Trinajstić information content (AvgIpc) is 2.89. The molecule has 0 bridgehead atoms. The van der Waals surface area contributed by atoms with Crippen molar-refractivity contribution >= 4 is 39.6 Å². The first kappa shape index (κ1) is 24.1. The Morgan fingerprint density at radius 2 is 1.66 bits per heavy atom. The molecular weight excluding hydrogens is 400 g/mol. The van der Waals surface area contributed by atoms with E-state index in [2.05, 4.69) is 17.6 Å². The molecule has 0 radical (unpaired) electrons. The zero-order valence-corrected chi connectivity index (χ0v) is 19.9. The van der Waals surface area contributed by atoms with E-state index in [1.807, 2.05) is 0 Å². The molecule has 0 fully saturated rings. The number of esters is 1. The van der Waals surface area contributed by atoms with Crippen LogP contribution in [0, 0.1) is 0 Å². The minimum Gasteiger partial charge on any atom is -0.465 e. The minimum atomic E-state index is -0.256. The van der Waals surface area contributed by atoms with E-state index in [4.69, 9.17) is 17.0 Å². The van der Waals surface area contributed by atoms with E-state index in [9.17, 15) is 4.79 Å². The molecule has 0 unspecified atom stereocenters. The Morgan fingerprint density at radius 3 is 2.34 bits per heavy atom. The lowest BCUT2D eigenvalue weighted by molar-refractivity contribution is 0.0601. The topological polar surface area (TPSA) is 50.4 Å². The predicted octanol–water partition coefficient (Wildman–Crippen LogP) is 6.62. The highest BCUT2D eigenvalue weighted by Crippen LogP contribution is 2.37. The third kappa shape index (κ3) is 8.25. The summed E-state index contributed by atoms with van der Waals surface area (Å²) in [6.07, 6.45) is 17.4. The van der Waals surface area contributed by atoms with Crippen molar-refractivity contribution in [2.45, 2.75) is 96.8 Å². The van der Waals surface area contributed by atoms with Crippen LogP contribution >= 0.6 is 23.6 Å². The van der Waals surface area contributed by atoms with Gasteiger partial charge in [-0.2, -0.15) is 0 Å². The molecule has 1 aliphatic carbocycles. The largest absolute Gasteiger partial charge is 0.465 e. The lowest BCUT2D eigenvalue weighted by Crippen LogP contribution is -2.29. The number of ether oxygens (including phenoxy) is 1. The number of anilines is 1. The second kappa shape index (κ2) is 14.0. The fourth-order valence-corrected chi connectivity index (χ4v) is 5.48. The van der Waals surface area contributed by atoms with Crippen molar-refractivity contribution in [1.82, 2.24) is 5.32 Å². The molecule has 0 amide bonds. The highest BCUT2D eigenvalue weighted by Gasteiger charge is 2.25. The summed E-state index contributed by atoms with van der Waals surface area (Å²) < 4.78 is 5.05. The van der Waals surface area contributed by atoms with Crippen LogP contribution in [0.3, 0.4) is 0 Å². The van der Waals surface area contributed by atoms with E-state index in [0.29, 0.717) is 10.7 Å². The summed E-state index contributed by atoms with van der Waals surface area (Å²) in [4.78, 5) is 13.7. The first-order valence-corrected chi connectivity index (χ1v) is 12.7. The minimum absolute atomic E-state index is 0.256. The van der Waals surface area contributed by atoms with Gasteiger partial charge in [0.05, 0.1) is 12.7 Å². The number of hydrogen-bond acceptors (Lipinski definition) is 4. The molecule has 6 heteroatoms. The van der Waals surface area contributed by atoms with Gasteiger partial charge in [0.15, 0.2) is 5.11 Å². The quantitative estimate of drug-likeness (QED) is 0.166. The fourth-order valence-electron chi connectivity index (χ4n) is 3.93. The standard InChI is InChI=1S/C23H38N2O2S2/c1-3-4-5-6-7-8-9-10-14-17-24-23(28)25-21-20(22(26)27-2)18-15-12-11-13-16-19(18)29-21/h3-17H2,1-2H3,(H2,24,25,28). The van der Waals surface area contributed by atoms with Crippen molar-refractivity contribution in [2.75, 3.05) is 19.0 Å². The maximum Gasteiger partial charge on any atom is 0.341 e. The van der Waals surface area contributed by atoms with Gasteiger partial charge < -0.3 is 15.4 Å². The molecule has 0 atom stereocenters. The molecule has 0 spiro atoms. The smallest absolute Gasteiger partial charge is 0.341 e. The Morgan fingerprint density at radius 1 is 1.00 bits per heavy atom. The van der Waals surface area contributed by atoms with E-state index in [1.54, 1.807) is 11.3 Å². The summed E-state index contributed by atoms with van der Waals surface area (Å²) in [5, 5.41) is 8.02. The molecule has 0 aliphatic heterocycles. The third-order valence-electron chi connectivity index (χ3n) is 5.60. The van der Waals surface area contributed by atoms with Crippen molar-refractivity contribution in [3.63, 3.8) is 0 Å². The summed E-state index contributed by atoms with van der Waals surface area (Å²) in [6.45, 7) is 3.14. The number of fused-ring (bicyclic) bond motifs is 1. The van der Waals surface area contributed by atoms with Crippen LogP contribution in [0.2, 0.25) is 0 Å². The molecular formula is C23H38N2O2S2. The van der Waals surface area contributed by atoms with Gasteiger partial charge in [-0.3, -0.25) is 0 Å². The molecule has 0 saturated carbocycles. The molecule has 164 valence electrons. The van der Waals surface area contributed by atoms with E-state index in [-0.39, 0.29) is 5.97 Å². The number of aryl methyl sites for hydroxylation is 1. The summed E-state index contributed by atoms with van der Waals surface area (Å²) in [7, 11) is 1.45. The Kier molecular flexibility index (Phi) is 11.6. The first-order chi connectivity index (χ1) is 14.2. The number of thiocarbonyl (C=S) groups is 1. The highest BCUT2D eigenvalue weighted by atomic mass is 32.1. The lowest BCUT2D eigenvalue weighted by Gasteiger charge is -2.11. The van der Waals surface area contributed by atoms with Crippen LogP contribution < -0.4 is 10.6 Å². The number of carbonyl (C=O) groups is 1. The summed E-state index contributed by atoms with van der Waals surface area (Å²) in [5.41, 5.74) is 1.87. The number of carbonyl (C=O) groups excluding carboxylic acids is 1. The molecule has 1 heterocycles. The molecule has 29 heavy (non-hydrogen) atoms. The fraction of sp³-hybridized carbons (Fsp3) is 0.739. The molecule has 1 aromatic heterocycles. The van der Waals surface area contributed by atoms with Crippen LogP contribution in [0.1, 0.15) is 105 Å². The SMILES string of the molecule is CCCCCCCCCCCNC(=S)Nc1sc2c(c1C(=O)OC)CCCCC2. The maximum atomic E-state index is 12.4. The molecule has 1 aliphatic rings. The summed E-state index contributed by atoms with van der Waals surface area (Å²) in [5.74, 6) is -0.256. The van der Waals surface area contributed by atoms with Crippen molar-refractivity contribution in [3.05, 3.63) is 16.0 Å².